The summed E-state index contributed by atoms with van der Waals surface area (Å²) in [5.74, 6) is -1.99. The van der Waals surface area contributed by atoms with E-state index in [1.165, 1.54) is 32.1 Å². The fourth-order valence-electron chi connectivity index (χ4n) is 8.70. The maximum absolute atomic E-state index is 14.5. The van der Waals surface area contributed by atoms with Crippen molar-refractivity contribution in [2.45, 2.75) is 84.5 Å². The zero-order valence-electron chi connectivity index (χ0n) is 24.4. The highest BCUT2D eigenvalue weighted by Crippen LogP contribution is 2.72. The van der Waals surface area contributed by atoms with Crippen LogP contribution in [0.2, 0.25) is 0 Å². The van der Waals surface area contributed by atoms with Crippen LogP contribution < -0.4 is 0 Å². The third-order valence-electron chi connectivity index (χ3n) is 10.9. The molecule has 40 heavy (non-hydrogen) atoms. The van der Waals surface area contributed by atoms with Crippen LogP contribution >= 0.6 is 0 Å². The first-order valence-electron chi connectivity index (χ1n) is 15.4. The Morgan fingerprint density at radius 3 is 2.42 bits per heavy atom. The summed E-state index contributed by atoms with van der Waals surface area (Å²) in [4.78, 5) is 27.0. The molecule has 0 amide bonds. The van der Waals surface area contributed by atoms with Crippen LogP contribution in [-0.2, 0) is 9.59 Å². The topological polar surface area (TPSA) is 102 Å². The van der Waals surface area contributed by atoms with Gasteiger partial charge in [-0.3, -0.25) is 9.59 Å². The Morgan fingerprint density at radius 1 is 1.15 bits per heavy atom. The smallest absolute Gasteiger partial charge is 0.150 e. The van der Waals surface area contributed by atoms with Crippen molar-refractivity contribution in [3.05, 3.63) is 48.1 Å². The van der Waals surface area contributed by atoms with Crippen LogP contribution in [0.3, 0.4) is 0 Å². The van der Waals surface area contributed by atoms with Gasteiger partial charge >= 0.3 is 0 Å². The summed E-state index contributed by atoms with van der Waals surface area (Å²) in [6, 6.07) is 4.92. The lowest BCUT2D eigenvalue weighted by Crippen LogP contribution is -2.46. The molecule has 4 rings (SSSR count). The Balaban J connectivity index is 1.53. The van der Waals surface area contributed by atoms with Crippen molar-refractivity contribution in [2.24, 2.45) is 52.3 Å². The minimum atomic E-state index is -0.949. The van der Waals surface area contributed by atoms with E-state index in [2.05, 4.69) is 32.2 Å². The van der Waals surface area contributed by atoms with Crippen LogP contribution in [-0.4, -0.2) is 23.8 Å². The Kier molecular flexibility index (Phi) is 9.36. The highest BCUT2D eigenvalue weighted by molar-refractivity contribution is 5.96. The first-order valence-corrected chi connectivity index (χ1v) is 15.4. The number of aliphatic hydroxyl groups excluding tert-OH is 1. The molecule has 8 unspecified atom stereocenters. The fourth-order valence-corrected chi connectivity index (χ4v) is 8.70. The normalized spacial score (nSPS) is 37.4. The van der Waals surface area contributed by atoms with Gasteiger partial charge in [0.25, 0.3) is 0 Å². The van der Waals surface area contributed by atoms with Crippen LogP contribution in [0.4, 0.5) is 0 Å². The van der Waals surface area contributed by atoms with E-state index in [4.69, 9.17) is 0 Å². The maximum atomic E-state index is 14.5. The summed E-state index contributed by atoms with van der Waals surface area (Å²) in [5.41, 5.74) is 0.695. The number of aldehydes is 1. The zero-order valence-corrected chi connectivity index (χ0v) is 24.4. The van der Waals surface area contributed by atoms with Gasteiger partial charge in [-0.2, -0.15) is 10.5 Å². The second-order valence-electron chi connectivity index (χ2n) is 13.1. The van der Waals surface area contributed by atoms with Crippen molar-refractivity contribution in [1.29, 1.82) is 10.5 Å². The fraction of sp³-hybridized carbons (Fsp3) is 0.657. The minimum Gasteiger partial charge on any atom is -0.392 e. The molecule has 5 heteroatoms. The molecule has 1 N–H and O–H groups in total. The van der Waals surface area contributed by atoms with Crippen molar-refractivity contribution in [2.75, 3.05) is 6.61 Å². The van der Waals surface area contributed by atoms with E-state index in [9.17, 15) is 25.2 Å². The number of ketones is 1. The van der Waals surface area contributed by atoms with Gasteiger partial charge in [0.1, 0.15) is 6.29 Å². The number of nitrogens with zero attached hydrogens (tertiary/aromatic N) is 2. The van der Waals surface area contributed by atoms with Gasteiger partial charge in [0, 0.05) is 11.8 Å². The number of carbonyl (C=O) groups is 2. The molecule has 5 nitrogen and oxygen atoms in total. The quantitative estimate of drug-likeness (QED) is 0.144. The lowest BCUT2D eigenvalue weighted by atomic mass is 9.58. The number of hydrogen-bond acceptors (Lipinski definition) is 5. The summed E-state index contributed by atoms with van der Waals surface area (Å²) >= 11 is 0. The molecule has 0 radical (unpaired) electrons. The first-order chi connectivity index (χ1) is 19.2. The number of allylic oxidation sites excluding steroid dienone is 5. The number of Topliss-reactive ketones (excluding diaryl/α,β-unsaturated/α-hetero) is 1. The molecule has 4 aliphatic carbocycles. The Hall–Kier alpha value is -2.76. The van der Waals surface area contributed by atoms with Crippen LogP contribution in [0.25, 0.3) is 0 Å². The first kappa shape index (κ1) is 30.2. The lowest BCUT2D eigenvalue weighted by molar-refractivity contribution is -0.135. The standard InChI is InChI=1S/C35H46N2O3/c1-5-6-7-8-9-10-11-12-13-14-23(2)15-27-26(21-39)18-35-24(3)16-30-32(34(30,4)22-37)28(33(35)40)17-25(20-38)29(19-36)31(27)35/h5,17-18,21,24,27-32,38H,1-2,6-16,20H2,3-4H3/t24?,27?,28?,29?,30?,31-,32?,34?,35?/m1/s1. The van der Waals surface area contributed by atoms with Gasteiger partial charge in [0.15, 0.2) is 5.78 Å². The maximum Gasteiger partial charge on any atom is 0.150 e. The Labute approximate surface area is 240 Å². The predicted octanol–water partition coefficient (Wildman–Crippen LogP) is 7.06. The molecule has 2 fully saturated rings. The number of unbranched alkanes of at least 4 members (excludes halogenated alkanes) is 7. The second-order valence-corrected chi connectivity index (χ2v) is 13.1. The number of hydrogen-bond donors (Lipinski definition) is 1. The van der Waals surface area contributed by atoms with Crippen molar-refractivity contribution >= 4 is 12.1 Å². The third-order valence-corrected chi connectivity index (χ3v) is 10.9. The third kappa shape index (κ3) is 5.07. The molecule has 0 aromatic heterocycles. The van der Waals surface area contributed by atoms with Crippen molar-refractivity contribution < 1.29 is 14.7 Å². The van der Waals surface area contributed by atoms with E-state index in [0.29, 0.717) is 17.6 Å². The van der Waals surface area contributed by atoms with E-state index in [-0.39, 0.29) is 36.1 Å². The van der Waals surface area contributed by atoms with Crippen molar-refractivity contribution in [3.63, 3.8) is 0 Å². The second kappa shape index (κ2) is 12.4. The molecule has 0 aromatic carbocycles. The molecule has 4 aliphatic rings. The van der Waals surface area contributed by atoms with Gasteiger partial charge in [-0.1, -0.05) is 69.4 Å². The number of nitriles is 2. The molecule has 0 aliphatic heterocycles. The van der Waals surface area contributed by atoms with Crippen LogP contribution in [0.1, 0.15) is 84.5 Å². The van der Waals surface area contributed by atoms with Gasteiger partial charge < -0.3 is 5.11 Å². The van der Waals surface area contributed by atoms with Crippen molar-refractivity contribution in [1.82, 2.24) is 0 Å². The van der Waals surface area contributed by atoms with E-state index in [0.717, 1.165) is 44.0 Å². The molecule has 1 spiro atoms. The molecule has 214 valence electrons. The molecule has 0 aromatic rings. The molecule has 9 atom stereocenters. The molecular formula is C35H46N2O3. The van der Waals surface area contributed by atoms with E-state index in [1.807, 2.05) is 25.2 Å². The number of fused-ring (bicyclic) bond motifs is 3. The summed E-state index contributed by atoms with van der Waals surface area (Å²) < 4.78 is 0. The molecule has 2 bridgehead atoms. The van der Waals surface area contributed by atoms with Crippen molar-refractivity contribution in [3.8, 4) is 12.1 Å². The average Bonchev–Trinajstić information content (AvgIpc) is 3.44. The number of aliphatic hydroxyl groups is 1. The van der Waals surface area contributed by atoms with Gasteiger partial charge in [0.2, 0.25) is 0 Å². The summed E-state index contributed by atoms with van der Waals surface area (Å²) in [6.45, 7) is 11.8. The van der Waals surface area contributed by atoms with Crippen LogP contribution in [0, 0.1) is 74.9 Å². The van der Waals surface area contributed by atoms with Gasteiger partial charge in [-0.15, -0.1) is 6.58 Å². The minimum absolute atomic E-state index is 0.0285. The number of rotatable bonds is 14. The van der Waals surface area contributed by atoms with Crippen LogP contribution in [0.15, 0.2) is 48.1 Å². The molecule has 0 saturated heterocycles. The lowest BCUT2D eigenvalue weighted by Gasteiger charge is -2.42. The average molecular weight is 543 g/mol. The predicted molar refractivity (Wildman–Crippen MR) is 156 cm³/mol. The monoisotopic (exact) mass is 542 g/mol. The summed E-state index contributed by atoms with van der Waals surface area (Å²) in [6.07, 6.45) is 18.2. The Bertz CT molecular complexity index is 1170. The highest BCUT2D eigenvalue weighted by Gasteiger charge is 2.73. The zero-order chi connectivity index (χ0) is 29.1. The molecular weight excluding hydrogens is 496 g/mol. The largest absolute Gasteiger partial charge is 0.392 e. The summed E-state index contributed by atoms with van der Waals surface area (Å²) in [5, 5.41) is 30.8. The summed E-state index contributed by atoms with van der Waals surface area (Å²) in [7, 11) is 0. The van der Waals surface area contributed by atoms with E-state index in [1.54, 1.807) is 0 Å². The molecule has 0 heterocycles. The van der Waals surface area contributed by atoms with Gasteiger partial charge in [0.05, 0.1) is 35.5 Å². The molecule has 2 saturated carbocycles. The Morgan fingerprint density at radius 2 is 1.82 bits per heavy atom. The van der Waals surface area contributed by atoms with Gasteiger partial charge in [-0.25, -0.2) is 0 Å². The SMILES string of the molecule is C=CCCCCCCCCCC(=C)CC1C(C=O)=CC23C(=O)C(C=C(CO)C(C#N)[C@@H]12)C1C(CC3C)C1(C)C#N. The van der Waals surface area contributed by atoms with Crippen LogP contribution in [0.5, 0.6) is 0 Å². The highest BCUT2D eigenvalue weighted by atomic mass is 16.3. The van der Waals surface area contributed by atoms with Gasteiger partial charge in [-0.05, 0) is 80.3 Å². The van der Waals surface area contributed by atoms with E-state index >= 15 is 0 Å². The number of carbonyl (C=O) groups excluding carboxylic acids is 2. The van der Waals surface area contributed by atoms with E-state index < -0.39 is 28.6 Å².